The van der Waals surface area contributed by atoms with Gasteiger partial charge in [-0.25, -0.2) is 8.78 Å². The normalized spacial score (nSPS) is 24.6. The number of fused-ring (bicyclic) bond motifs is 1. The molecule has 4 heteroatoms. The average molecular weight is 294 g/mol. The SMILES string of the molecule is Fc1cc(F)cc(CCN2CCCN3CCCCC3C2)c1. The van der Waals surface area contributed by atoms with Gasteiger partial charge in [-0.05, 0) is 63.0 Å². The lowest BCUT2D eigenvalue weighted by Crippen LogP contribution is -2.44. The topological polar surface area (TPSA) is 6.48 Å². The first-order valence-corrected chi connectivity index (χ1v) is 8.12. The van der Waals surface area contributed by atoms with Crippen LogP contribution < -0.4 is 0 Å². The second-order valence-electron chi connectivity index (χ2n) is 6.37. The average Bonchev–Trinajstić information content (AvgIpc) is 2.66. The molecule has 0 spiro atoms. The van der Waals surface area contributed by atoms with E-state index in [0.29, 0.717) is 6.04 Å². The van der Waals surface area contributed by atoms with Crippen molar-refractivity contribution in [2.45, 2.75) is 38.1 Å². The lowest BCUT2D eigenvalue weighted by atomic mass is 10.0. The van der Waals surface area contributed by atoms with Crippen LogP contribution in [0.25, 0.3) is 0 Å². The number of benzene rings is 1. The van der Waals surface area contributed by atoms with E-state index in [-0.39, 0.29) is 0 Å². The van der Waals surface area contributed by atoms with Crippen molar-refractivity contribution < 1.29 is 8.78 Å². The summed E-state index contributed by atoms with van der Waals surface area (Å²) in [6.07, 6.45) is 5.89. The highest BCUT2D eigenvalue weighted by Gasteiger charge is 2.26. The van der Waals surface area contributed by atoms with Crippen LogP contribution in [0.15, 0.2) is 18.2 Å². The summed E-state index contributed by atoms with van der Waals surface area (Å²) in [6, 6.07) is 4.53. The lowest BCUT2D eigenvalue weighted by Gasteiger charge is -2.35. The minimum atomic E-state index is -0.473. The van der Waals surface area contributed by atoms with Gasteiger partial charge in [-0.3, -0.25) is 4.90 Å². The standard InChI is InChI=1S/C17H24F2N2/c18-15-10-14(11-16(19)12-15)5-9-20-6-3-8-21-7-2-1-4-17(21)13-20/h10-12,17H,1-9,13H2. The Kier molecular flexibility index (Phi) is 4.86. The molecular formula is C17H24F2N2. The van der Waals surface area contributed by atoms with Crippen LogP contribution >= 0.6 is 0 Å². The van der Waals surface area contributed by atoms with Crippen molar-refractivity contribution in [3.05, 3.63) is 35.4 Å². The molecule has 21 heavy (non-hydrogen) atoms. The molecule has 1 aromatic carbocycles. The Morgan fingerprint density at radius 1 is 0.952 bits per heavy atom. The van der Waals surface area contributed by atoms with Gasteiger partial charge in [0.05, 0.1) is 0 Å². The Hall–Kier alpha value is -1.00. The van der Waals surface area contributed by atoms with E-state index in [4.69, 9.17) is 0 Å². The molecule has 3 rings (SSSR count). The Labute approximate surface area is 125 Å². The molecule has 2 aliphatic rings. The molecule has 0 aliphatic carbocycles. The summed E-state index contributed by atoms with van der Waals surface area (Å²) in [5, 5.41) is 0. The van der Waals surface area contributed by atoms with Gasteiger partial charge in [-0.15, -0.1) is 0 Å². The molecule has 1 atom stereocenters. The molecule has 0 N–H and O–H groups in total. The van der Waals surface area contributed by atoms with E-state index in [0.717, 1.165) is 37.7 Å². The molecular weight excluding hydrogens is 270 g/mol. The Bertz CT molecular complexity index is 458. The molecule has 1 aromatic rings. The molecule has 0 amide bonds. The van der Waals surface area contributed by atoms with Crippen LogP contribution in [0.3, 0.4) is 0 Å². The van der Waals surface area contributed by atoms with Crippen molar-refractivity contribution >= 4 is 0 Å². The summed E-state index contributed by atoms with van der Waals surface area (Å²) >= 11 is 0. The molecule has 2 saturated heterocycles. The maximum atomic E-state index is 13.2. The fraction of sp³-hybridized carbons (Fsp3) is 0.647. The minimum Gasteiger partial charge on any atom is -0.301 e. The van der Waals surface area contributed by atoms with Crippen LogP contribution in [0, 0.1) is 11.6 Å². The fourth-order valence-electron chi connectivity index (χ4n) is 3.69. The molecule has 116 valence electrons. The van der Waals surface area contributed by atoms with Gasteiger partial charge in [0.15, 0.2) is 0 Å². The van der Waals surface area contributed by atoms with Gasteiger partial charge < -0.3 is 4.90 Å². The molecule has 0 aromatic heterocycles. The van der Waals surface area contributed by atoms with Gasteiger partial charge in [-0.1, -0.05) is 6.42 Å². The van der Waals surface area contributed by atoms with E-state index in [1.54, 1.807) is 0 Å². The molecule has 0 saturated carbocycles. The van der Waals surface area contributed by atoms with Gasteiger partial charge in [-0.2, -0.15) is 0 Å². The zero-order valence-electron chi connectivity index (χ0n) is 12.5. The molecule has 0 bridgehead atoms. The molecule has 2 fully saturated rings. The zero-order valence-corrected chi connectivity index (χ0v) is 12.5. The molecule has 2 aliphatic heterocycles. The predicted octanol–water partition coefficient (Wildman–Crippen LogP) is 3.07. The van der Waals surface area contributed by atoms with E-state index in [1.807, 2.05) is 0 Å². The van der Waals surface area contributed by atoms with Crippen LogP contribution in [0.5, 0.6) is 0 Å². The molecule has 2 heterocycles. The predicted molar refractivity (Wildman–Crippen MR) is 80.3 cm³/mol. The number of halogens is 2. The molecule has 0 radical (unpaired) electrons. The summed E-state index contributed by atoms with van der Waals surface area (Å²) < 4.78 is 26.4. The summed E-state index contributed by atoms with van der Waals surface area (Å²) in [7, 11) is 0. The van der Waals surface area contributed by atoms with Crippen molar-refractivity contribution in [1.29, 1.82) is 0 Å². The summed E-state index contributed by atoms with van der Waals surface area (Å²) in [6.45, 7) is 5.55. The maximum Gasteiger partial charge on any atom is 0.126 e. The van der Waals surface area contributed by atoms with Crippen molar-refractivity contribution in [3.63, 3.8) is 0 Å². The summed E-state index contributed by atoms with van der Waals surface area (Å²) in [5.41, 5.74) is 0.761. The first kappa shape index (κ1) is 14.9. The van der Waals surface area contributed by atoms with E-state index >= 15 is 0 Å². The van der Waals surface area contributed by atoms with E-state index in [9.17, 15) is 8.78 Å². The zero-order chi connectivity index (χ0) is 14.7. The summed E-state index contributed by atoms with van der Waals surface area (Å²) in [5.74, 6) is -0.946. The quantitative estimate of drug-likeness (QED) is 0.845. The Balaban J connectivity index is 1.57. The highest BCUT2D eigenvalue weighted by Crippen LogP contribution is 2.21. The minimum absolute atomic E-state index is 0.473. The van der Waals surface area contributed by atoms with E-state index in [1.165, 1.54) is 50.9 Å². The van der Waals surface area contributed by atoms with Crippen molar-refractivity contribution in [2.75, 3.05) is 32.7 Å². The van der Waals surface area contributed by atoms with Gasteiger partial charge in [0, 0.05) is 25.2 Å². The van der Waals surface area contributed by atoms with Gasteiger partial charge in [0.2, 0.25) is 0 Å². The number of piperidine rings is 1. The van der Waals surface area contributed by atoms with Crippen LogP contribution in [-0.2, 0) is 6.42 Å². The fourth-order valence-corrected chi connectivity index (χ4v) is 3.69. The van der Waals surface area contributed by atoms with Crippen molar-refractivity contribution in [1.82, 2.24) is 9.80 Å². The second-order valence-corrected chi connectivity index (χ2v) is 6.37. The van der Waals surface area contributed by atoms with Crippen molar-refractivity contribution in [3.8, 4) is 0 Å². The van der Waals surface area contributed by atoms with Crippen LogP contribution in [-0.4, -0.2) is 48.6 Å². The lowest BCUT2D eigenvalue weighted by molar-refractivity contribution is 0.137. The summed E-state index contributed by atoms with van der Waals surface area (Å²) in [4.78, 5) is 5.10. The van der Waals surface area contributed by atoms with E-state index < -0.39 is 11.6 Å². The van der Waals surface area contributed by atoms with Crippen LogP contribution in [0.4, 0.5) is 8.78 Å². The maximum absolute atomic E-state index is 13.2. The third kappa shape index (κ3) is 4.01. The second kappa shape index (κ2) is 6.84. The number of hydrogen-bond acceptors (Lipinski definition) is 2. The van der Waals surface area contributed by atoms with Crippen LogP contribution in [0.1, 0.15) is 31.2 Å². The third-order valence-electron chi connectivity index (χ3n) is 4.78. The Morgan fingerprint density at radius 3 is 2.52 bits per heavy atom. The number of hydrogen-bond donors (Lipinski definition) is 0. The van der Waals surface area contributed by atoms with E-state index in [2.05, 4.69) is 9.80 Å². The molecule has 1 unspecified atom stereocenters. The van der Waals surface area contributed by atoms with Gasteiger partial charge in [0.1, 0.15) is 11.6 Å². The van der Waals surface area contributed by atoms with Crippen LogP contribution in [0.2, 0.25) is 0 Å². The smallest absolute Gasteiger partial charge is 0.126 e. The van der Waals surface area contributed by atoms with Crippen molar-refractivity contribution in [2.24, 2.45) is 0 Å². The third-order valence-corrected chi connectivity index (χ3v) is 4.78. The number of nitrogens with zero attached hydrogens (tertiary/aromatic N) is 2. The Morgan fingerprint density at radius 2 is 1.71 bits per heavy atom. The largest absolute Gasteiger partial charge is 0.301 e. The van der Waals surface area contributed by atoms with Gasteiger partial charge >= 0.3 is 0 Å². The highest BCUT2D eigenvalue weighted by atomic mass is 19.1. The highest BCUT2D eigenvalue weighted by molar-refractivity contribution is 5.18. The molecule has 2 nitrogen and oxygen atoms in total. The first-order chi connectivity index (χ1) is 10.2. The number of rotatable bonds is 3. The monoisotopic (exact) mass is 294 g/mol. The van der Waals surface area contributed by atoms with Gasteiger partial charge in [0.25, 0.3) is 0 Å². The first-order valence-electron chi connectivity index (χ1n) is 8.12.